The fourth-order valence-electron chi connectivity index (χ4n) is 8.45. The molecular formula is C64H112O6. The van der Waals surface area contributed by atoms with Crippen LogP contribution in [0.4, 0.5) is 0 Å². The molecule has 6 nitrogen and oxygen atoms in total. The molecular weight excluding hydrogens is 865 g/mol. The number of rotatable bonds is 54. The molecule has 0 aliphatic rings. The van der Waals surface area contributed by atoms with Crippen molar-refractivity contribution in [1.29, 1.82) is 0 Å². The Labute approximate surface area is 433 Å². The largest absolute Gasteiger partial charge is 0.462 e. The number of carbonyl (C=O) groups is 3. The fourth-order valence-corrected chi connectivity index (χ4v) is 8.45. The lowest BCUT2D eigenvalue weighted by atomic mass is 10.0. The van der Waals surface area contributed by atoms with E-state index in [1.54, 1.807) is 0 Å². The van der Waals surface area contributed by atoms with Crippen molar-refractivity contribution in [2.24, 2.45) is 0 Å². The Morgan fingerprint density at radius 2 is 0.571 bits per heavy atom. The molecule has 0 aromatic rings. The lowest BCUT2D eigenvalue weighted by molar-refractivity contribution is -0.167. The summed E-state index contributed by atoms with van der Waals surface area (Å²) >= 11 is 0. The van der Waals surface area contributed by atoms with E-state index in [9.17, 15) is 14.4 Å². The first-order valence-corrected chi connectivity index (χ1v) is 29.9. The van der Waals surface area contributed by atoms with E-state index in [-0.39, 0.29) is 31.1 Å². The topological polar surface area (TPSA) is 78.9 Å². The summed E-state index contributed by atoms with van der Waals surface area (Å²) in [6.07, 6.45) is 75.3. The predicted octanol–water partition coefficient (Wildman–Crippen LogP) is 20.2. The number of allylic oxidation sites excluding steroid dienone is 12. The first kappa shape index (κ1) is 66.9. The molecule has 0 amide bonds. The molecule has 0 aromatic heterocycles. The molecule has 0 radical (unpaired) electrons. The zero-order chi connectivity index (χ0) is 50.7. The van der Waals surface area contributed by atoms with Gasteiger partial charge < -0.3 is 14.2 Å². The van der Waals surface area contributed by atoms with E-state index in [0.29, 0.717) is 19.3 Å². The summed E-state index contributed by atoms with van der Waals surface area (Å²) < 4.78 is 16.7. The summed E-state index contributed by atoms with van der Waals surface area (Å²) in [5.74, 6) is -0.886. The van der Waals surface area contributed by atoms with Gasteiger partial charge in [-0.3, -0.25) is 14.4 Å². The van der Waals surface area contributed by atoms with Gasteiger partial charge in [-0.15, -0.1) is 0 Å². The number of esters is 3. The van der Waals surface area contributed by atoms with Crippen LogP contribution in [0.15, 0.2) is 72.9 Å². The quantitative estimate of drug-likeness (QED) is 0.0261. The molecule has 1 atom stereocenters. The Balaban J connectivity index is 3.88. The molecule has 70 heavy (non-hydrogen) atoms. The molecule has 0 rings (SSSR count). The first-order valence-electron chi connectivity index (χ1n) is 29.9. The van der Waals surface area contributed by atoms with Crippen LogP contribution >= 0.6 is 0 Å². The van der Waals surface area contributed by atoms with Crippen molar-refractivity contribution in [3.8, 4) is 0 Å². The van der Waals surface area contributed by atoms with E-state index in [1.807, 2.05) is 0 Å². The van der Waals surface area contributed by atoms with Gasteiger partial charge in [0, 0.05) is 19.3 Å². The van der Waals surface area contributed by atoms with Crippen molar-refractivity contribution in [1.82, 2.24) is 0 Å². The van der Waals surface area contributed by atoms with Crippen molar-refractivity contribution in [2.75, 3.05) is 13.2 Å². The summed E-state index contributed by atoms with van der Waals surface area (Å²) in [7, 11) is 0. The Morgan fingerprint density at radius 3 is 0.929 bits per heavy atom. The van der Waals surface area contributed by atoms with Crippen LogP contribution in [0.2, 0.25) is 0 Å². The lowest BCUT2D eigenvalue weighted by Crippen LogP contribution is -2.30. The summed E-state index contributed by atoms with van der Waals surface area (Å²) in [6.45, 7) is 6.43. The van der Waals surface area contributed by atoms with Crippen LogP contribution in [0.3, 0.4) is 0 Å². The van der Waals surface area contributed by atoms with Gasteiger partial charge in [0.15, 0.2) is 6.10 Å². The molecule has 0 spiro atoms. The number of hydrogen-bond donors (Lipinski definition) is 0. The molecule has 6 heteroatoms. The molecule has 0 heterocycles. The summed E-state index contributed by atoms with van der Waals surface area (Å²) in [5, 5.41) is 0. The number of carbonyl (C=O) groups excluding carboxylic acids is 3. The molecule has 0 N–H and O–H groups in total. The van der Waals surface area contributed by atoms with Crippen LogP contribution < -0.4 is 0 Å². The van der Waals surface area contributed by atoms with E-state index >= 15 is 0 Å². The Kier molecular flexibility index (Phi) is 55.8. The van der Waals surface area contributed by atoms with E-state index in [0.717, 1.165) is 103 Å². The molecule has 0 aliphatic carbocycles. The van der Waals surface area contributed by atoms with E-state index in [2.05, 4.69) is 93.7 Å². The molecule has 0 aliphatic heterocycles. The van der Waals surface area contributed by atoms with Crippen LogP contribution in [-0.2, 0) is 28.6 Å². The molecule has 0 saturated heterocycles. The van der Waals surface area contributed by atoms with Gasteiger partial charge in [0.1, 0.15) is 13.2 Å². The number of hydrogen-bond acceptors (Lipinski definition) is 6. The minimum Gasteiger partial charge on any atom is -0.462 e. The highest BCUT2D eigenvalue weighted by Gasteiger charge is 2.19. The second-order valence-electron chi connectivity index (χ2n) is 19.9. The maximum atomic E-state index is 12.7. The summed E-state index contributed by atoms with van der Waals surface area (Å²) in [4.78, 5) is 37.7. The maximum Gasteiger partial charge on any atom is 0.306 e. The van der Waals surface area contributed by atoms with E-state index in [4.69, 9.17) is 14.2 Å². The van der Waals surface area contributed by atoms with Crippen LogP contribution in [0.25, 0.3) is 0 Å². The van der Waals surface area contributed by atoms with Crippen LogP contribution in [-0.4, -0.2) is 37.2 Å². The minimum absolute atomic E-state index is 0.0744. The maximum absolute atomic E-state index is 12.7. The van der Waals surface area contributed by atoms with Crippen molar-refractivity contribution < 1.29 is 28.6 Å². The summed E-state index contributed by atoms with van der Waals surface area (Å²) in [5.41, 5.74) is 0. The Bertz CT molecular complexity index is 1310. The highest BCUT2D eigenvalue weighted by atomic mass is 16.6. The number of unbranched alkanes of at least 4 members (excludes halogenated alkanes) is 31. The van der Waals surface area contributed by atoms with Gasteiger partial charge in [0.25, 0.3) is 0 Å². The normalized spacial score (nSPS) is 12.6. The van der Waals surface area contributed by atoms with Gasteiger partial charge in [-0.25, -0.2) is 0 Å². The fraction of sp³-hybridized carbons (Fsp3) is 0.766. The van der Waals surface area contributed by atoms with Crippen molar-refractivity contribution in [3.05, 3.63) is 72.9 Å². The highest BCUT2D eigenvalue weighted by molar-refractivity contribution is 5.71. The molecule has 0 fully saturated rings. The van der Waals surface area contributed by atoms with Gasteiger partial charge >= 0.3 is 17.9 Å². The second-order valence-corrected chi connectivity index (χ2v) is 19.9. The van der Waals surface area contributed by atoms with Gasteiger partial charge in [-0.1, -0.05) is 267 Å². The molecule has 404 valence electrons. The number of ether oxygens (including phenoxy) is 3. The van der Waals surface area contributed by atoms with E-state index < -0.39 is 6.10 Å². The summed E-state index contributed by atoms with van der Waals surface area (Å²) in [6, 6.07) is 0. The third-order valence-electron chi connectivity index (χ3n) is 12.9. The van der Waals surface area contributed by atoms with Crippen molar-refractivity contribution >= 4 is 17.9 Å². The lowest BCUT2D eigenvalue weighted by Gasteiger charge is -2.18. The van der Waals surface area contributed by atoms with Gasteiger partial charge in [0.2, 0.25) is 0 Å². The van der Waals surface area contributed by atoms with E-state index in [1.165, 1.54) is 154 Å². The third kappa shape index (κ3) is 55.8. The molecule has 0 saturated carbocycles. The van der Waals surface area contributed by atoms with Gasteiger partial charge in [-0.2, -0.15) is 0 Å². The minimum atomic E-state index is -0.771. The smallest absolute Gasteiger partial charge is 0.306 e. The second kappa shape index (κ2) is 58.4. The standard InChI is InChI=1S/C64H112O6/c1-4-7-10-13-16-18-20-21-22-23-24-25-26-27-28-29-30-31-32-33-34-35-36-37-38-39-40-41-42-43-45-46-48-51-54-57-63(66)69-60-61(59-68-62(65)56-53-50-15-12-9-6-3)70-64(67)58-55-52-49-47-44-19-17-14-11-8-5-2/h7,10,14,16-18,21-22,24-25,27-28,61H,4-6,8-9,11-13,15,19-20,23,26,29-60H2,1-3H3/b10-7-,17-14-,18-16-,22-21-,25-24-,28-27-. The zero-order valence-corrected chi connectivity index (χ0v) is 46.3. The van der Waals surface area contributed by atoms with Crippen LogP contribution in [0.1, 0.15) is 297 Å². The van der Waals surface area contributed by atoms with Crippen LogP contribution in [0, 0.1) is 0 Å². The van der Waals surface area contributed by atoms with Crippen molar-refractivity contribution in [2.45, 2.75) is 303 Å². The third-order valence-corrected chi connectivity index (χ3v) is 12.9. The van der Waals surface area contributed by atoms with Gasteiger partial charge in [0.05, 0.1) is 0 Å². The first-order chi connectivity index (χ1) is 34.5. The molecule has 0 aromatic carbocycles. The van der Waals surface area contributed by atoms with Gasteiger partial charge in [-0.05, 0) is 83.5 Å². The highest BCUT2D eigenvalue weighted by Crippen LogP contribution is 2.17. The van der Waals surface area contributed by atoms with Crippen LogP contribution in [0.5, 0.6) is 0 Å². The molecule has 1 unspecified atom stereocenters. The average molecular weight is 978 g/mol. The average Bonchev–Trinajstić information content (AvgIpc) is 3.36. The predicted molar refractivity (Wildman–Crippen MR) is 302 cm³/mol. The SMILES string of the molecule is CC/C=C\C/C=C\C/C=C\C/C=C\C/C=C\CCCCCCCCCCCCCCCCCCCCCC(=O)OCC(COC(=O)CCCCCCCC)OC(=O)CCCCCCC/C=C\CCCC. The molecule has 0 bridgehead atoms. The Hall–Kier alpha value is -3.15. The van der Waals surface area contributed by atoms with Crippen molar-refractivity contribution in [3.63, 3.8) is 0 Å². The Morgan fingerprint density at radius 1 is 0.300 bits per heavy atom. The monoisotopic (exact) mass is 977 g/mol. The zero-order valence-electron chi connectivity index (χ0n) is 46.3.